The van der Waals surface area contributed by atoms with Gasteiger partial charge >= 0.3 is 0 Å². The largest absolute Gasteiger partial charge is 0.417 e. The fraction of sp³-hybridized carbons (Fsp3) is 0.250. The summed E-state index contributed by atoms with van der Waals surface area (Å²) in [6.45, 7) is 3.14. The second-order valence-corrected chi connectivity index (χ2v) is 5.08. The number of aromatic nitrogens is 4. The molecule has 6 nitrogen and oxygen atoms in total. The van der Waals surface area contributed by atoms with Crippen molar-refractivity contribution in [1.29, 1.82) is 0 Å². The van der Waals surface area contributed by atoms with E-state index >= 15 is 0 Å². The summed E-state index contributed by atoms with van der Waals surface area (Å²) >= 11 is 6.29. The lowest BCUT2D eigenvalue weighted by molar-refractivity contribution is 0.0488. The molecule has 98 valence electrons. The van der Waals surface area contributed by atoms with Crippen LogP contribution in [-0.2, 0) is 5.60 Å². The third-order valence-corrected chi connectivity index (χ3v) is 3.11. The van der Waals surface area contributed by atoms with Gasteiger partial charge in [-0.25, -0.2) is 4.98 Å². The molecule has 0 aliphatic rings. The quantitative estimate of drug-likeness (QED) is 0.752. The van der Waals surface area contributed by atoms with Crippen LogP contribution in [0.2, 0.25) is 5.02 Å². The van der Waals surface area contributed by atoms with Gasteiger partial charge in [0.25, 0.3) is 5.89 Å². The Labute approximate surface area is 113 Å². The summed E-state index contributed by atoms with van der Waals surface area (Å²) < 4.78 is 5.43. The maximum Gasteiger partial charge on any atom is 0.250 e. The molecule has 0 aliphatic heterocycles. The van der Waals surface area contributed by atoms with E-state index in [1.54, 1.807) is 26.2 Å². The van der Waals surface area contributed by atoms with Crippen LogP contribution in [0.1, 0.15) is 19.7 Å². The van der Waals surface area contributed by atoms with Crippen LogP contribution in [0.5, 0.6) is 0 Å². The first-order valence-corrected chi connectivity index (χ1v) is 6.03. The molecule has 3 heterocycles. The van der Waals surface area contributed by atoms with E-state index in [2.05, 4.69) is 20.2 Å². The standard InChI is InChI=1S/C12H11ClN4O2/c1-12(2,18)11-17-16-10(19-11)7-5-15-9-6(8(7)13)3-4-14-9/h3-5,18H,1-2H3,(H,14,15). The molecule has 0 atom stereocenters. The lowest BCUT2D eigenvalue weighted by atomic mass is 10.1. The number of hydrogen-bond acceptors (Lipinski definition) is 5. The van der Waals surface area contributed by atoms with Crippen molar-refractivity contribution in [3.8, 4) is 11.5 Å². The van der Waals surface area contributed by atoms with Crippen molar-refractivity contribution in [2.75, 3.05) is 0 Å². The molecule has 3 aromatic rings. The number of H-pyrrole nitrogens is 1. The Hall–Kier alpha value is -1.92. The van der Waals surface area contributed by atoms with E-state index in [0.717, 1.165) is 5.39 Å². The van der Waals surface area contributed by atoms with Crippen LogP contribution in [-0.4, -0.2) is 25.3 Å². The van der Waals surface area contributed by atoms with Gasteiger partial charge in [-0.15, -0.1) is 10.2 Å². The molecule has 0 aromatic carbocycles. The van der Waals surface area contributed by atoms with Crippen molar-refractivity contribution in [1.82, 2.24) is 20.2 Å². The second-order valence-electron chi connectivity index (χ2n) is 4.70. The molecule has 0 saturated heterocycles. The summed E-state index contributed by atoms with van der Waals surface area (Å²) in [5, 5.41) is 18.8. The van der Waals surface area contributed by atoms with Gasteiger partial charge in [0, 0.05) is 17.8 Å². The molecule has 19 heavy (non-hydrogen) atoms. The summed E-state index contributed by atoms with van der Waals surface area (Å²) in [7, 11) is 0. The van der Waals surface area contributed by atoms with E-state index in [9.17, 15) is 5.11 Å². The van der Waals surface area contributed by atoms with Gasteiger partial charge in [-0.05, 0) is 19.9 Å². The molecule has 0 aliphatic carbocycles. The summed E-state index contributed by atoms with van der Waals surface area (Å²) in [5.74, 6) is 0.366. The Balaban J connectivity index is 2.14. The first-order chi connectivity index (χ1) is 8.97. The van der Waals surface area contributed by atoms with Gasteiger partial charge in [-0.2, -0.15) is 0 Å². The predicted octanol–water partition coefficient (Wildman–Crippen LogP) is 2.49. The molecule has 0 unspecified atom stereocenters. The number of halogens is 1. The monoisotopic (exact) mass is 278 g/mol. The molecule has 0 fully saturated rings. The third kappa shape index (κ3) is 1.98. The van der Waals surface area contributed by atoms with Gasteiger partial charge in [0.15, 0.2) is 0 Å². The fourth-order valence-corrected chi connectivity index (χ4v) is 1.99. The van der Waals surface area contributed by atoms with Crippen LogP contribution in [0.3, 0.4) is 0 Å². The Morgan fingerprint density at radius 3 is 2.84 bits per heavy atom. The topological polar surface area (TPSA) is 87.8 Å². The molecule has 0 radical (unpaired) electrons. The van der Waals surface area contributed by atoms with Gasteiger partial charge in [0.1, 0.15) is 11.2 Å². The van der Waals surface area contributed by atoms with E-state index < -0.39 is 5.60 Å². The number of fused-ring (bicyclic) bond motifs is 1. The Kier molecular flexibility index (Phi) is 2.58. The molecule has 0 spiro atoms. The predicted molar refractivity (Wildman–Crippen MR) is 69.6 cm³/mol. The van der Waals surface area contributed by atoms with E-state index in [1.807, 2.05) is 6.07 Å². The lowest BCUT2D eigenvalue weighted by Gasteiger charge is -2.10. The normalized spacial score (nSPS) is 12.2. The van der Waals surface area contributed by atoms with Gasteiger partial charge in [0.05, 0.1) is 10.6 Å². The van der Waals surface area contributed by atoms with Crippen molar-refractivity contribution in [2.24, 2.45) is 0 Å². The first-order valence-electron chi connectivity index (χ1n) is 5.65. The number of pyridine rings is 1. The van der Waals surface area contributed by atoms with Crippen LogP contribution in [0.25, 0.3) is 22.5 Å². The van der Waals surface area contributed by atoms with Crippen molar-refractivity contribution >= 4 is 22.6 Å². The SMILES string of the molecule is CC(C)(O)c1nnc(-c2cnc3[nH]ccc3c2Cl)o1. The molecule has 7 heteroatoms. The molecule has 0 saturated carbocycles. The van der Waals surface area contributed by atoms with Crippen LogP contribution in [0.15, 0.2) is 22.9 Å². The average Bonchev–Trinajstić information content (AvgIpc) is 2.96. The number of rotatable bonds is 2. The van der Waals surface area contributed by atoms with Crippen molar-refractivity contribution in [3.05, 3.63) is 29.4 Å². The van der Waals surface area contributed by atoms with Crippen LogP contribution in [0.4, 0.5) is 0 Å². The van der Waals surface area contributed by atoms with Crippen molar-refractivity contribution in [3.63, 3.8) is 0 Å². The van der Waals surface area contributed by atoms with Crippen molar-refractivity contribution < 1.29 is 9.52 Å². The van der Waals surface area contributed by atoms with Crippen LogP contribution >= 0.6 is 11.6 Å². The molecular formula is C12H11ClN4O2. The maximum absolute atomic E-state index is 9.81. The highest BCUT2D eigenvalue weighted by molar-refractivity contribution is 6.37. The van der Waals surface area contributed by atoms with E-state index in [-0.39, 0.29) is 11.8 Å². The Morgan fingerprint density at radius 2 is 2.16 bits per heavy atom. The molecule has 2 N–H and O–H groups in total. The molecule has 0 bridgehead atoms. The zero-order chi connectivity index (χ0) is 13.6. The molecule has 3 aromatic heterocycles. The summed E-state index contributed by atoms with van der Waals surface area (Å²) in [5.41, 5.74) is 0.0383. The number of hydrogen-bond donors (Lipinski definition) is 2. The molecule has 0 amide bonds. The fourth-order valence-electron chi connectivity index (χ4n) is 1.70. The second kappa shape index (κ2) is 4.04. The summed E-state index contributed by atoms with van der Waals surface area (Å²) in [4.78, 5) is 7.19. The summed E-state index contributed by atoms with van der Waals surface area (Å²) in [6.07, 6.45) is 3.31. The lowest BCUT2D eigenvalue weighted by Crippen LogP contribution is -2.15. The van der Waals surface area contributed by atoms with Crippen LogP contribution < -0.4 is 0 Å². The minimum atomic E-state index is -1.19. The van der Waals surface area contributed by atoms with Crippen LogP contribution in [0, 0.1) is 0 Å². The van der Waals surface area contributed by atoms with Gasteiger partial charge < -0.3 is 14.5 Å². The van der Waals surface area contributed by atoms with Gasteiger partial charge in [-0.1, -0.05) is 11.6 Å². The highest BCUT2D eigenvalue weighted by atomic mass is 35.5. The number of aromatic amines is 1. The number of nitrogens with zero attached hydrogens (tertiary/aromatic N) is 3. The first kappa shape index (κ1) is 12.1. The Morgan fingerprint density at radius 1 is 1.37 bits per heavy atom. The van der Waals surface area contributed by atoms with E-state index in [4.69, 9.17) is 16.0 Å². The third-order valence-electron chi connectivity index (χ3n) is 2.70. The van der Waals surface area contributed by atoms with Gasteiger partial charge in [0.2, 0.25) is 5.89 Å². The smallest absolute Gasteiger partial charge is 0.250 e. The average molecular weight is 279 g/mol. The number of nitrogens with one attached hydrogen (secondary N) is 1. The highest BCUT2D eigenvalue weighted by Gasteiger charge is 2.25. The Bertz CT molecular complexity index is 742. The number of aliphatic hydroxyl groups is 1. The zero-order valence-electron chi connectivity index (χ0n) is 10.3. The maximum atomic E-state index is 9.81. The van der Waals surface area contributed by atoms with E-state index in [0.29, 0.717) is 16.2 Å². The van der Waals surface area contributed by atoms with Crippen molar-refractivity contribution in [2.45, 2.75) is 19.4 Å². The summed E-state index contributed by atoms with van der Waals surface area (Å²) in [6, 6.07) is 1.82. The zero-order valence-corrected chi connectivity index (χ0v) is 11.1. The van der Waals surface area contributed by atoms with Gasteiger partial charge in [-0.3, -0.25) is 0 Å². The van der Waals surface area contributed by atoms with E-state index in [1.165, 1.54) is 0 Å². The molecule has 3 rings (SSSR count). The molecular weight excluding hydrogens is 268 g/mol. The highest BCUT2D eigenvalue weighted by Crippen LogP contribution is 2.33. The minimum absolute atomic E-state index is 0.132. The minimum Gasteiger partial charge on any atom is -0.417 e.